The maximum atomic E-state index is 10.1. The van der Waals surface area contributed by atoms with Gasteiger partial charge < -0.3 is 14.4 Å². The van der Waals surface area contributed by atoms with Gasteiger partial charge in [-0.2, -0.15) is 0 Å². The number of rotatable bonds is 7. The maximum absolute atomic E-state index is 10.1. The lowest BCUT2D eigenvalue weighted by Crippen LogP contribution is -2.14. The van der Waals surface area contributed by atoms with E-state index in [4.69, 9.17) is 14.4 Å². The third-order valence-electron chi connectivity index (χ3n) is 1.42. The summed E-state index contributed by atoms with van der Waals surface area (Å²) in [6.45, 7) is 18.5. The molecule has 0 aliphatic rings. The molecule has 1 radical (unpaired) electrons. The molecule has 0 amide bonds. The molecule has 0 aromatic heterocycles. The van der Waals surface area contributed by atoms with E-state index in [-0.39, 0.29) is 17.8 Å². The lowest BCUT2D eigenvalue weighted by Gasteiger charge is -2.07. The van der Waals surface area contributed by atoms with Gasteiger partial charge in [0.15, 0.2) is 0 Å². The van der Waals surface area contributed by atoms with E-state index in [2.05, 4.69) is 13.2 Å². The van der Waals surface area contributed by atoms with Gasteiger partial charge in [-0.1, -0.05) is 39.2 Å². The summed E-state index contributed by atoms with van der Waals surface area (Å²) in [7, 11) is 1.40. The SMILES string of the molecule is C=C/C=C(\C=C)C(=O)O.CC.CC(C)O[B]OC(C)C. The molecule has 0 aliphatic carbocycles. The molecular formula is C15H28BO4. The van der Waals surface area contributed by atoms with Crippen molar-refractivity contribution < 1.29 is 19.2 Å². The predicted molar refractivity (Wildman–Crippen MR) is 85.7 cm³/mol. The van der Waals surface area contributed by atoms with Crippen LogP contribution in [0.2, 0.25) is 0 Å². The Labute approximate surface area is 124 Å². The normalized spacial score (nSPS) is 9.90. The Bertz CT molecular complexity index is 276. The van der Waals surface area contributed by atoms with Crippen molar-refractivity contribution in [2.45, 2.75) is 53.8 Å². The molecule has 0 aromatic carbocycles. The van der Waals surface area contributed by atoms with Crippen molar-refractivity contribution in [1.29, 1.82) is 0 Å². The summed E-state index contributed by atoms with van der Waals surface area (Å²) in [5.41, 5.74) is 0.157. The van der Waals surface area contributed by atoms with Gasteiger partial charge in [0.05, 0.1) is 5.57 Å². The van der Waals surface area contributed by atoms with E-state index in [0.29, 0.717) is 0 Å². The fourth-order valence-electron chi connectivity index (χ4n) is 0.608. The Morgan fingerprint density at radius 1 is 1.10 bits per heavy atom. The first-order chi connectivity index (χ1) is 9.34. The molecule has 0 bridgehead atoms. The quantitative estimate of drug-likeness (QED) is 0.439. The standard InChI is InChI=1S/C7H8O2.C6H14BO2.C2H6/c1-3-5-6(4-2)7(8)9;1-5(2)8-7-9-6(3)4;1-2/h3-5H,1-2H2,(H,8,9);5-6H,1-4H3;1-2H3/b6-5+;;. The highest BCUT2D eigenvalue weighted by atomic mass is 16.6. The van der Waals surface area contributed by atoms with Gasteiger partial charge in [0.1, 0.15) is 0 Å². The molecule has 0 atom stereocenters. The zero-order chi connectivity index (χ0) is 16.6. The second-order valence-electron chi connectivity index (χ2n) is 3.83. The molecule has 0 fully saturated rings. The summed E-state index contributed by atoms with van der Waals surface area (Å²) < 4.78 is 10.0. The number of allylic oxidation sites excluding steroid dienone is 2. The number of hydrogen-bond donors (Lipinski definition) is 1. The van der Waals surface area contributed by atoms with E-state index in [0.717, 1.165) is 0 Å². The maximum Gasteiger partial charge on any atom is 0.488 e. The molecule has 20 heavy (non-hydrogen) atoms. The Balaban J connectivity index is -0.000000257. The van der Waals surface area contributed by atoms with Crippen LogP contribution in [0.4, 0.5) is 0 Å². The molecular weight excluding hydrogens is 255 g/mol. The van der Waals surface area contributed by atoms with Crippen LogP contribution in [0.5, 0.6) is 0 Å². The van der Waals surface area contributed by atoms with Crippen molar-refractivity contribution in [3.05, 3.63) is 37.0 Å². The van der Waals surface area contributed by atoms with E-state index in [1.165, 1.54) is 25.9 Å². The van der Waals surface area contributed by atoms with Crippen LogP contribution in [-0.4, -0.2) is 31.0 Å². The Kier molecular flexibility index (Phi) is 21.0. The zero-order valence-corrected chi connectivity index (χ0v) is 13.6. The minimum atomic E-state index is -0.982. The van der Waals surface area contributed by atoms with Crippen molar-refractivity contribution in [2.75, 3.05) is 0 Å². The number of aliphatic carboxylic acids is 1. The van der Waals surface area contributed by atoms with Gasteiger partial charge in [0, 0.05) is 12.2 Å². The van der Waals surface area contributed by atoms with E-state index < -0.39 is 5.97 Å². The summed E-state index contributed by atoms with van der Waals surface area (Å²) in [4.78, 5) is 10.1. The average Bonchev–Trinajstić information content (AvgIpc) is 2.37. The lowest BCUT2D eigenvalue weighted by molar-refractivity contribution is -0.132. The molecule has 0 saturated heterocycles. The monoisotopic (exact) mass is 283 g/mol. The van der Waals surface area contributed by atoms with Crippen LogP contribution in [-0.2, 0) is 14.1 Å². The minimum absolute atomic E-state index is 0.157. The first-order valence-corrected chi connectivity index (χ1v) is 6.66. The van der Waals surface area contributed by atoms with Crippen molar-refractivity contribution in [2.24, 2.45) is 0 Å². The van der Waals surface area contributed by atoms with Crippen LogP contribution in [0, 0.1) is 0 Å². The highest BCUT2D eigenvalue weighted by molar-refractivity contribution is 6.18. The molecule has 1 N–H and O–H groups in total. The fraction of sp³-hybridized carbons (Fsp3) is 0.533. The third-order valence-corrected chi connectivity index (χ3v) is 1.42. The molecule has 0 aromatic rings. The van der Waals surface area contributed by atoms with Crippen LogP contribution in [0.3, 0.4) is 0 Å². The molecule has 0 unspecified atom stereocenters. The predicted octanol–water partition coefficient (Wildman–Crippen LogP) is 3.77. The molecule has 4 nitrogen and oxygen atoms in total. The fourth-order valence-corrected chi connectivity index (χ4v) is 0.608. The van der Waals surface area contributed by atoms with Gasteiger partial charge in [0.25, 0.3) is 0 Å². The van der Waals surface area contributed by atoms with Crippen molar-refractivity contribution in [3.8, 4) is 0 Å². The van der Waals surface area contributed by atoms with Gasteiger partial charge >= 0.3 is 13.7 Å². The molecule has 0 saturated carbocycles. The van der Waals surface area contributed by atoms with Crippen LogP contribution < -0.4 is 0 Å². The van der Waals surface area contributed by atoms with E-state index in [1.807, 2.05) is 41.5 Å². The number of carboxylic acid groups (broad SMARTS) is 1. The van der Waals surface area contributed by atoms with Gasteiger partial charge in [-0.15, -0.1) is 0 Å². The highest BCUT2D eigenvalue weighted by Gasteiger charge is 1.99. The Morgan fingerprint density at radius 2 is 1.50 bits per heavy atom. The lowest BCUT2D eigenvalue weighted by atomic mass is 10.2. The van der Waals surface area contributed by atoms with Gasteiger partial charge in [0.2, 0.25) is 0 Å². The Morgan fingerprint density at radius 3 is 1.65 bits per heavy atom. The summed E-state index contributed by atoms with van der Waals surface area (Å²) in [5, 5.41) is 8.32. The number of carboxylic acids is 1. The van der Waals surface area contributed by atoms with Crippen molar-refractivity contribution in [1.82, 2.24) is 0 Å². The number of carbonyl (C=O) groups is 1. The summed E-state index contributed by atoms with van der Waals surface area (Å²) in [6.07, 6.45) is 4.48. The van der Waals surface area contributed by atoms with Crippen LogP contribution in [0.1, 0.15) is 41.5 Å². The first-order valence-electron chi connectivity index (χ1n) is 6.66. The topological polar surface area (TPSA) is 55.8 Å². The van der Waals surface area contributed by atoms with Gasteiger partial charge in [-0.05, 0) is 33.8 Å². The van der Waals surface area contributed by atoms with Gasteiger partial charge in [-0.25, -0.2) is 4.79 Å². The summed E-state index contributed by atoms with van der Waals surface area (Å²) in [6, 6.07) is 0. The van der Waals surface area contributed by atoms with E-state index >= 15 is 0 Å². The molecule has 0 heterocycles. The third kappa shape index (κ3) is 21.9. The zero-order valence-electron chi connectivity index (χ0n) is 13.6. The molecule has 0 aliphatic heterocycles. The second kappa shape index (κ2) is 17.7. The second-order valence-corrected chi connectivity index (χ2v) is 3.83. The summed E-state index contributed by atoms with van der Waals surface area (Å²) >= 11 is 0. The highest BCUT2D eigenvalue weighted by Crippen LogP contribution is 1.94. The van der Waals surface area contributed by atoms with Gasteiger partial charge in [-0.3, -0.25) is 0 Å². The van der Waals surface area contributed by atoms with Crippen LogP contribution in [0.15, 0.2) is 37.0 Å². The number of hydrogen-bond acceptors (Lipinski definition) is 3. The largest absolute Gasteiger partial charge is 0.488 e. The molecule has 0 rings (SSSR count). The molecule has 0 spiro atoms. The van der Waals surface area contributed by atoms with Crippen molar-refractivity contribution in [3.63, 3.8) is 0 Å². The van der Waals surface area contributed by atoms with E-state index in [1.54, 1.807) is 0 Å². The minimum Gasteiger partial charge on any atom is -0.478 e. The molecule has 115 valence electrons. The molecule has 5 heteroatoms. The smallest absolute Gasteiger partial charge is 0.478 e. The van der Waals surface area contributed by atoms with Crippen LogP contribution >= 0.6 is 0 Å². The Hall–Kier alpha value is -1.33. The van der Waals surface area contributed by atoms with E-state index in [9.17, 15) is 4.79 Å². The van der Waals surface area contributed by atoms with Crippen molar-refractivity contribution >= 4 is 13.7 Å². The average molecular weight is 283 g/mol. The summed E-state index contributed by atoms with van der Waals surface area (Å²) in [5.74, 6) is -0.982. The van der Waals surface area contributed by atoms with Crippen LogP contribution in [0.25, 0.3) is 0 Å². The first kappa shape index (κ1) is 23.7.